The third kappa shape index (κ3) is 18.2. The van der Waals surface area contributed by atoms with E-state index in [-0.39, 0.29) is 92.3 Å². The number of ketones is 2. The lowest BCUT2D eigenvalue weighted by Crippen LogP contribution is -2.60. The SMILES string of the molecule is CCCCCCCC(=O)NC(=O)C[C@@H]1CC(=O)[C@H](NC(=O)[C@H](CC)CC(C)C)[C@H](O)c2ccc(c(Cl)c2)Oc2cc3cc(c2O[C@@H]2O[C@H](CO)[C@@H](O)[C@H](O)[C@H]2O)Oc2ccc(cc2Cl)[C@@H](O)[C@@H]2NC(=O)[C@H](CC(=O)[C@@H]3NC1=O)c1ccc(O)c(c1)-c1c(O)cc(O)cc1[C@@H](C(=O)N1CCN(C)CC1)NC2=O. The first-order chi connectivity index (χ1) is 50.5. The second-order valence-corrected chi connectivity index (χ2v) is 28.8. The van der Waals surface area contributed by atoms with E-state index in [1.807, 2.05) is 32.7 Å². The van der Waals surface area contributed by atoms with Gasteiger partial charge in [0.1, 0.15) is 89.5 Å². The number of nitrogens with zero attached hydrogens (tertiary/aromatic N) is 2. The minimum Gasteiger partial charge on any atom is -0.508 e. The van der Waals surface area contributed by atoms with E-state index >= 15 is 28.8 Å². The molecule has 0 spiro atoms. The van der Waals surface area contributed by atoms with Crippen LogP contribution in [-0.4, -0.2) is 191 Å². The molecule has 0 aliphatic carbocycles. The van der Waals surface area contributed by atoms with Crippen molar-refractivity contribution in [3.63, 3.8) is 0 Å². The number of carbonyl (C=O) groups excluding carboxylic acids is 9. The Morgan fingerprint density at radius 3 is 1.92 bits per heavy atom. The fourth-order valence-electron chi connectivity index (χ4n) is 13.8. The lowest BCUT2D eigenvalue weighted by molar-refractivity contribution is -0.277. The molecule has 0 unspecified atom stereocenters. The first-order valence-electron chi connectivity index (χ1n) is 35.4. The number of aliphatic hydroxyl groups is 6. The summed E-state index contributed by atoms with van der Waals surface area (Å²) in [6, 6.07) is 6.85. The number of phenols is 3. The number of carbonyl (C=O) groups is 9. The van der Waals surface area contributed by atoms with Crippen molar-refractivity contribution < 1.29 is 108 Å². The van der Waals surface area contributed by atoms with Gasteiger partial charge in [-0.15, -0.1) is 0 Å². The summed E-state index contributed by atoms with van der Waals surface area (Å²) in [5, 5.41) is 116. The Morgan fingerprint density at radius 1 is 0.660 bits per heavy atom. The van der Waals surface area contributed by atoms with E-state index in [1.165, 1.54) is 47.4 Å². The zero-order chi connectivity index (χ0) is 76.7. The van der Waals surface area contributed by atoms with E-state index < -0.39 is 198 Å². The van der Waals surface area contributed by atoms with E-state index in [0.717, 1.165) is 55.7 Å². The van der Waals surface area contributed by atoms with Gasteiger partial charge in [-0.25, -0.2) is 0 Å². The van der Waals surface area contributed by atoms with Crippen LogP contribution in [0.1, 0.15) is 156 Å². The first kappa shape index (κ1) is 79.6. The summed E-state index contributed by atoms with van der Waals surface area (Å²) in [7, 11) is 1.83. The number of piperazine rings is 1. The number of amides is 7. The van der Waals surface area contributed by atoms with E-state index in [9.17, 15) is 60.3 Å². The molecule has 14 N–H and O–H groups in total. The van der Waals surface area contributed by atoms with E-state index in [0.29, 0.717) is 32.4 Å². The Bertz CT molecular complexity index is 4150. The molecule has 0 saturated carbocycles. The molecule has 2 saturated heterocycles. The quantitative estimate of drug-likeness (QED) is 0.0512. The van der Waals surface area contributed by atoms with Crippen LogP contribution < -0.4 is 40.8 Å². The second kappa shape index (κ2) is 34.7. The zero-order valence-electron chi connectivity index (χ0n) is 59.0. The summed E-state index contributed by atoms with van der Waals surface area (Å²) < 4.78 is 25.4. The summed E-state index contributed by atoms with van der Waals surface area (Å²) in [4.78, 5) is 139. The molecular formula is C75H89Cl2N7O22. The predicted octanol–water partition coefficient (Wildman–Crippen LogP) is 5.49. The van der Waals surface area contributed by atoms with E-state index in [1.54, 1.807) is 6.92 Å². The molecule has 5 aromatic rings. The maximum absolute atomic E-state index is 16.4. The van der Waals surface area contributed by atoms with Gasteiger partial charge in [0, 0.05) is 75.0 Å². The second-order valence-electron chi connectivity index (χ2n) is 28.0. The lowest BCUT2D eigenvalue weighted by atomic mass is 9.84. The van der Waals surface area contributed by atoms with Crippen molar-refractivity contribution in [2.75, 3.05) is 39.8 Å². The van der Waals surface area contributed by atoms with Crippen LogP contribution in [0.4, 0.5) is 0 Å². The normalized spacial score (nSPS) is 25.4. The number of fused-ring (bicyclic) bond motifs is 15. The number of likely N-dealkylation sites (N-methyl/N-ethyl adjacent to an activating group) is 1. The van der Waals surface area contributed by atoms with Gasteiger partial charge in [-0.2, -0.15) is 0 Å². The molecule has 570 valence electrons. The molecule has 7 aliphatic rings. The van der Waals surface area contributed by atoms with Crippen molar-refractivity contribution in [1.82, 2.24) is 36.4 Å². The Kier molecular flexibility index (Phi) is 26.0. The molecule has 14 atom stereocenters. The van der Waals surface area contributed by atoms with Gasteiger partial charge < -0.3 is 96.0 Å². The topological polar surface area (TPSA) is 439 Å². The monoisotopic (exact) mass is 1510 g/mol. The minimum atomic E-state index is -2.19. The van der Waals surface area contributed by atoms with Crippen molar-refractivity contribution in [3.8, 4) is 57.1 Å². The third-order valence-electron chi connectivity index (χ3n) is 19.8. The van der Waals surface area contributed by atoms with Gasteiger partial charge in [-0.05, 0) is 115 Å². The molecule has 7 heterocycles. The smallest absolute Gasteiger partial charge is 0.249 e. The van der Waals surface area contributed by atoms with Crippen LogP contribution in [0.3, 0.4) is 0 Å². The van der Waals surface area contributed by atoms with Gasteiger partial charge in [0.05, 0.1) is 28.5 Å². The lowest BCUT2D eigenvalue weighted by Gasteiger charge is -2.39. The summed E-state index contributed by atoms with van der Waals surface area (Å²) in [5.74, 6) is -18.0. The number of Topliss-reactive ketones (excluding diaryl/α,β-unsaturated/α-hetero) is 2. The molecule has 12 rings (SSSR count). The van der Waals surface area contributed by atoms with Crippen molar-refractivity contribution in [1.29, 1.82) is 0 Å². The number of rotatable bonds is 17. The zero-order valence-corrected chi connectivity index (χ0v) is 60.5. The van der Waals surface area contributed by atoms with Crippen LogP contribution in [0.15, 0.2) is 78.9 Å². The van der Waals surface area contributed by atoms with Crippen LogP contribution in [-0.2, 0) is 47.9 Å². The van der Waals surface area contributed by atoms with Crippen LogP contribution in [0.5, 0.6) is 46.0 Å². The number of halogens is 2. The van der Waals surface area contributed by atoms with Gasteiger partial charge in [-0.1, -0.05) is 94.8 Å². The number of benzene rings is 5. The molecule has 2 fully saturated rings. The first-order valence-corrected chi connectivity index (χ1v) is 36.1. The van der Waals surface area contributed by atoms with Crippen molar-refractivity contribution in [3.05, 3.63) is 117 Å². The van der Waals surface area contributed by atoms with Gasteiger partial charge in [-0.3, -0.25) is 48.5 Å². The average Bonchev–Trinajstić information content (AvgIpc) is 0.768. The number of hydrogen-bond donors (Lipinski definition) is 14. The molecule has 31 heteroatoms. The van der Waals surface area contributed by atoms with Crippen LogP contribution >= 0.6 is 23.2 Å². The van der Waals surface area contributed by atoms with Crippen LogP contribution in [0.2, 0.25) is 10.0 Å². The summed E-state index contributed by atoms with van der Waals surface area (Å²) in [6.07, 6.45) is -12.7. The summed E-state index contributed by atoms with van der Waals surface area (Å²) in [5.41, 5.74) is -1.73. The fourth-order valence-corrected chi connectivity index (χ4v) is 14.3. The molecule has 11 bridgehead atoms. The summed E-state index contributed by atoms with van der Waals surface area (Å²) >= 11 is 14.2. The Morgan fingerprint density at radius 2 is 1.30 bits per heavy atom. The minimum absolute atomic E-state index is 0.0207. The average molecular weight is 1510 g/mol. The number of imide groups is 1. The molecule has 5 aromatic carbocycles. The maximum atomic E-state index is 16.4. The summed E-state index contributed by atoms with van der Waals surface area (Å²) in [6.45, 7) is 7.63. The van der Waals surface area contributed by atoms with E-state index in [2.05, 4.69) is 26.6 Å². The highest BCUT2D eigenvalue weighted by Crippen LogP contribution is 2.50. The molecule has 106 heavy (non-hydrogen) atoms. The number of unbranched alkanes of at least 4 members (excludes halogenated alkanes) is 4. The number of ether oxygens (including phenoxy) is 4. The Hall–Kier alpha value is -9.01. The van der Waals surface area contributed by atoms with Crippen LogP contribution in [0.25, 0.3) is 11.1 Å². The molecule has 0 aromatic heterocycles. The largest absolute Gasteiger partial charge is 0.508 e. The molecule has 7 aliphatic heterocycles. The molecular weight excluding hydrogens is 1420 g/mol. The number of aromatic hydroxyl groups is 3. The predicted molar refractivity (Wildman–Crippen MR) is 380 cm³/mol. The van der Waals surface area contributed by atoms with Gasteiger partial charge in [0.25, 0.3) is 0 Å². The molecule has 29 nitrogen and oxygen atoms in total. The third-order valence-corrected chi connectivity index (χ3v) is 20.4. The molecule has 0 radical (unpaired) electrons. The number of aliphatic hydroxyl groups excluding tert-OH is 6. The highest BCUT2D eigenvalue weighted by atomic mass is 35.5. The van der Waals surface area contributed by atoms with E-state index in [4.69, 9.17) is 42.1 Å². The Labute approximate surface area is 620 Å². The number of hydrogen-bond acceptors (Lipinski definition) is 23. The highest BCUT2D eigenvalue weighted by molar-refractivity contribution is 6.32. The van der Waals surface area contributed by atoms with Gasteiger partial charge >= 0.3 is 0 Å². The van der Waals surface area contributed by atoms with Crippen molar-refractivity contribution in [2.24, 2.45) is 17.8 Å². The van der Waals surface area contributed by atoms with Crippen molar-refractivity contribution in [2.45, 2.75) is 171 Å². The van der Waals surface area contributed by atoms with Gasteiger partial charge in [0.2, 0.25) is 53.4 Å². The fraction of sp³-hybridized carbons (Fsp3) is 0.480. The van der Waals surface area contributed by atoms with Crippen LogP contribution in [0, 0.1) is 17.8 Å². The highest BCUT2D eigenvalue weighted by Gasteiger charge is 2.47. The molecule has 7 amide bonds. The Balaban J connectivity index is 1.21. The van der Waals surface area contributed by atoms with Gasteiger partial charge in [0.15, 0.2) is 23.1 Å². The maximum Gasteiger partial charge on any atom is 0.249 e. The van der Waals surface area contributed by atoms with Crippen molar-refractivity contribution >= 4 is 76.1 Å². The number of nitrogens with one attached hydrogen (secondary N) is 5. The number of phenolic OH excluding ortho intramolecular Hbond substituents is 3. The standard InChI is InChI=1S/C75H89Cl2N7O22/c1-6-8-9-10-11-12-57(91)78-58(92)30-41-27-50(89)62(81-70(98)36(7-2)23-35(3)4)64(93)38-14-17-52(46(76)25-38)103-54-28-40-29-55(69(54)106-75-68(97)67(96)66(95)56(34-85)105-75)104-53-18-15-39(26-47(53)77)65(94)63-73(101)80-61(74(102)84-21-19-83(5)20-22-84)45-31-42(86)32-49(88)59(45)44-24-37(13-16-48(44)87)43(72(100)82-63)33-51(90)60(40)79-71(41)99/h13-18,24-26,28-29,31-32,35-36,41,43,56,60-68,75,85-88,93-97H,6-12,19-23,27,30,33-34H2,1-5H3,(H,79,99)(H,80,101)(H,81,98)(H,82,100)(H,78,91,92)/t36-,41+,43-,56-,60-,61+,62+,63+,64-,65-,66-,67+,68-,75+/m1/s1.